The molecular weight excluding hydrogens is 308 g/mol. The Labute approximate surface area is 140 Å². The van der Waals surface area contributed by atoms with Crippen LogP contribution in [0.15, 0.2) is 40.6 Å². The van der Waals surface area contributed by atoms with E-state index in [2.05, 4.69) is 10.1 Å². The summed E-state index contributed by atoms with van der Waals surface area (Å²) in [4.78, 5) is 27.6. The predicted molar refractivity (Wildman–Crippen MR) is 91.1 cm³/mol. The fourth-order valence-corrected chi connectivity index (χ4v) is 2.28. The van der Waals surface area contributed by atoms with Crippen molar-refractivity contribution in [1.29, 1.82) is 0 Å². The molecule has 0 unspecified atom stereocenters. The van der Waals surface area contributed by atoms with Gasteiger partial charge in [-0.25, -0.2) is 4.79 Å². The molecule has 0 aromatic carbocycles. The van der Waals surface area contributed by atoms with Crippen LogP contribution in [-0.2, 0) is 16.1 Å². The highest BCUT2D eigenvalue weighted by Gasteiger charge is 2.08. The van der Waals surface area contributed by atoms with Gasteiger partial charge in [0.1, 0.15) is 0 Å². The van der Waals surface area contributed by atoms with Gasteiger partial charge in [-0.3, -0.25) is 14.3 Å². The number of carbonyl (C=O) groups excluding carboxylic acids is 1. The number of unbranched alkanes of at least 4 members (excludes halogenated alkanes) is 1. The lowest BCUT2D eigenvalue weighted by Gasteiger charge is -2.04. The predicted octanol–water partition coefficient (Wildman–Crippen LogP) is 1.97. The van der Waals surface area contributed by atoms with Gasteiger partial charge in [0, 0.05) is 36.6 Å². The Kier molecular flexibility index (Phi) is 6.48. The van der Waals surface area contributed by atoms with Crippen molar-refractivity contribution in [3.05, 3.63) is 52.5 Å². The van der Waals surface area contributed by atoms with Crippen LogP contribution in [0.5, 0.6) is 0 Å². The largest absolute Gasteiger partial charge is 0.466 e. The number of pyridine rings is 1. The van der Waals surface area contributed by atoms with Crippen LogP contribution >= 0.6 is 0 Å². The van der Waals surface area contributed by atoms with Crippen molar-refractivity contribution >= 4 is 12.2 Å². The van der Waals surface area contributed by atoms with Crippen LogP contribution in [0.2, 0.25) is 0 Å². The lowest BCUT2D eigenvalue weighted by molar-refractivity contribution is -0.143. The summed E-state index contributed by atoms with van der Waals surface area (Å²) in [6.45, 7) is 4.60. The first kappa shape index (κ1) is 17.7. The molecular formula is C17H22N4O3. The fraction of sp³-hybridized carbons (Fsp3) is 0.412. The molecule has 0 fully saturated rings. The summed E-state index contributed by atoms with van der Waals surface area (Å²) in [5, 5.41) is 4.18. The van der Waals surface area contributed by atoms with Gasteiger partial charge in [-0.15, -0.1) is 0 Å². The van der Waals surface area contributed by atoms with Crippen molar-refractivity contribution in [3.8, 4) is 0 Å². The molecule has 2 rings (SSSR count). The maximum absolute atomic E-state index is 12.3. The topological polar surface area (TPSA) is 78.5 Å². The molecule has 0 N–H and O–H groups in total. The zero-order valence-corrected chi connectivity index (χ0v) is 14.0. The second-order valence-electron chi connectivity index (χ2n) is 5.34. The number of aromatic nitrogens is 3. The maximum atomic E-state index is 12.3. The lowest BCUT2D eigenvalue weighted by atomic mass is 10.2. The molecule has 0 aliphatic heterocycles. The van der Waals surface area contributed by atoms with Crippen molar-refractivity contribution in [2.75, 3.05) is 6.61 Å². The molecule has 0 spiro atoms. The van der Waals surface area contributed by atoms with Gasteiger partial charge >= 0.3 is 11.7 Å². The smallest absolute Gasteiger partial charge is 0.348 e. The Bertz CT molecular complexity index is 747. The standard InChI is InChI=1S/C17H22N4O3/c1-3-24-16(22)8-4-5-10-20-14(2)13-21(17(20)23)19-12-15-7-6-9-18-11-15/h6-7,9,11-13H,3-5,8,10H2,1-2H3. The molecule has 2 aromatic heterocycles. The van der Waals surface area contributed by atoms with Gasteiger partial charge in [-0.05, 0) is 32.8 Å². The number of rotatable bonds is 8. The molecule has 0 bridgehead atoms. The first-order valence-corrected chi connectivity index (χ1v) is 8.00. The minimum Gasteiger partial charge on any atom is -0.466 e. The first-order chi connectivity index (χ1) is 11.6. The number of hydrogen-bond donors (Lipinski definition) is 0. The highest BCUT2D eigenvalue weighted by Crippen LogP contribution is 2.03. The van der Waals surface area contributed by atoms with Crippen LogP contribution in [0.1, 0.15) is 37.4 Å². The summed E-state index contributed by atoms with van der Waals surface area (Å²) in [7, 11) is 0. The molecule has 24 heavy (non-hydrogen) atoms. The minimum atomic E-state index is -0.194. The molecule has 0 atom stereocenters. The number of hydrogen-bond acceptors (Lipinski definition) is 5. The molecule has 7 nitrogen and oxygen atoms in total. The van der Waals surface area contributed by atoms with E-state index >= 15 is 0 Å². The average Bonchev–Trinajstić information content (AvgIpc) is 2.85. The summed E-state index contributed by atoms with van der Waals surface area (Å²) in [6, 6.07) is 3.67. The van der Waals surface area contributed by atoms with Gasteiger partial charge in [0.25, 0.3) is 0 Å². The third-order valence-corrected chi connectivity index (χ3v) is 3.50. The normalized spacial score (nSPS) is 11.1. The van der Waals surface area contributed by atoms with Gasteiger partial charge in [0.15, 0.2) is 0 Å². The summed E-state index contributed by atoms with van der Waals surface area (Å²) >= 11 is 0. The molecule has 0 amide bonds. The zero-order chi connectivity index (χ0) is 17.4. The Morgan fingerprint density at radius 1 is 1.42 bits per heavy atom. The number of ether oxygens (including phenoxy) is 1. The van der Waals surface area contributed by atoms with Crippen LogP contribution < -0.4 is 5.69 Å². The third-order valence-electron chi connectivity index (χ3n) is 3.50. The molecule has 128 valence electrons. The van der Waals surface area contributed by atoms with Crippen LogP contribution in [0.25, 0.3) is 0 Å². The molecule has 0 saturated carbocycles. The maximum Gasteiger partial charge on any atom is 0.348 e. The molecule has 0 aliphatic rings. The Balaban J connectivity index is 1.95. The van der Waals surface area contributed by atoms with Crippen molar-refractivity contribution in [1.82, 2.24) is 14.2 Å². The van der Waals surface area contributed by atoms with E-state index in [1.807, 2.05) is 19.1 Å². The van der Waals surface area contributed by atoms with Crippen molar-refractivity contribution in [3.63, 3.8) is 0 Å². The summed E-state index contributed by atoms with van der Waals surface area (Å²) in [5.41, 5.74) is 1.47. The number of aryl methyl sites for hydroxylation is 1. The number of imidazole rings is 1. The van der Waals surface area contributed by atoms with Gasteiger partial charge in [-0.2, -0.15) is 9.78 Å². The minimum absolute atomic E-state index is 0.191. The van der Waals surface area contributed by atoms with Crippen LogP contribution in [0.3, 0.4) is 0 Å². The number of nitrogens with zero attached hydrogens (tertiary/aromatic N) is 4. The van der Waals surface area contributed by atoms with E-state index in [9.17, 15) is 9.59 Å². The third kappa shape index (κ3) is 4.91. The van der Waals surface area contributed by atoms with Crippen LogP contribution in [0.4, 0.5) is 0 Å². The van der Waals surface area contributed by atoms with E-state index in [4.69, 9.17) is 4.74 Å². The quantitative estimate of drug-likeness (QED) is 0.421. The number of carbonyl (C=O) groups is 1. The summed E-state index contributed by atoms with van der Waals surface area (Å²) < 4.78 is 7.86. The van der Waals surface area contributed by atoms with Crippen LogP contribution in [-0.4, -0.2) is 33.0 Å². The van der Waals surface area contributed by atoms with E-state index in [0.29, 0.717) is 26.0 Å². The van der Waals surface area contributed by atoms with E-state index in [-0.39, 0.29) is 11.7 Å². The second-order valence-corrected chi connectivity index (χ2v) is 5.34. The van der Waals surface area contributed by atoms with Gasteiger partial charge in [-0.1, -0.05) is 6.07 Å². The summed E-state index contributed by atoms with van der Waals surface area (Å²) in [6.07, 6.45) is 8.44. The second kappa shape index (κ2) is 8.81. The highest BCUT2D eigenvalue weighted by molar-refractivity contribution is 5.78. The van der Waals surface area contributed by atoms with Crippen molar-refractivity contribution in [2.24, 2.45) is 5.10 Å². The van der Waals surface area contributed by atoms with Crippen molar-refractivity contribution < 1.29 is 9.53 Å². The van der Waals surface area contributed by atoms with Crippen molar-refractivity contribution in [2.45, 2.75) is 39.7 Å². The molecule has 2 heterocycles. The first-order valence-electron chi connectivity index (χ1n) is 8.00. The lowest BCUT2D eigenvalue weighted by Crippen LogP contribution is -2.23. The van der Waals surface area contributed by atoms with Gasteiger partial charge in [0.05, 0.1) is 19.0 Å². The Hall–Kier alpha value is -2.70. The van der Waals surface area contributed by atoms with Crippen LogP contribution in [0, 0.1) is 6.92 Å². The van der Waals surface area contributed by atoms with E-state index in [0.717, 1.165) is 17.7 Å². The molecule has 0 aliphatic carbocycles. The zero-order valence-electron chi connectivity index (χ0n) is 14.0. The van der Waals surface area contributed by atoms with E-state index in [1.54, 1.807) is 36.3 Å². The molecule has 0 radical (unpaired) electrons. The van der Waals surface area contributed by atoms with E-state index in [1.165, 1.54) is 4.68 Å². The Morgan fingerprint density at radius 2 is 2.25 bits per heavy atom. The molecule has 2 aromatic rings. The Morgan fingerprint density at radius 3 is 2.96 bits per heavy atom. The number of esters is 1. The molecule has 7 heteroatoms. The highest BCUT2D eigenvalue weighted by atomic mass is 16.5. The monoisotopic (exact) mass is 330 g/mol. The van der Waals surface area contributed by atoms with Gasteiger partial charge < -0.3 is 4.74 Å². The molecule has 0 saturated heterocycles. The SMILES string of the molecule is CCOC(=O)CCCCn1c(C)cn(N=Cc2cccnc2)c1=O. The van der Waals surface area contributed by atoms with E-state index < -0.39 is 0 Å². The summed E-state index contributed by atoms with van der Waals surface area (Å²) in [5.74, 6) is -0.194. The fourth-order valence-electron chi connectivity index (χ4n) is 2.28. The average molecular weight is 330 g/mol. The van der Waals surface area contributed by atoms with Gasteiger partial charge in [0.2, 0.25) is 0 Å².